The summed E-state index contributed by atoms with van der Waals surface area (Å²) in [4.78, 5) is 12.4. The van der Waals surface area contributed by atoms with E-state index in [4.69, 9.17) is 9.15 Å². The van der Waals surface area contributed by atoms with Gasteiger partial charge in [-0.3, -0.25) is 4.79 Å². The predicted molar refractivity (Wildman–Crippen MR) is 94.0 cm³/mol. The second kappa shape index (κ2) is 7.15. The predicted octanol–water partition coefficient (Wildman–Crippen LogP) is 4.66. The molecule has 1 amide bonds. The molecule has 0 spiro atoms. The van der Waals surface area contributed by atoms with Crippen LogP contribution in [0.2, 0.25) is 0 Å². The van der Waals surface area contributed by atoms with Gasteiger partial charge in [0.15, 0.2) is 17.7 Å². The van der Waals surface area contributed by atoms with E-state index >= 15 is 0 Å². The molecule has 3 aromatic rings. The van der Waals surface area contributed by atoms with Crippen LogP contribution in [0.1, 0.15) is 31.2 Å². The highest BCUT2D eigenvalue weighted by Gasteiger charge is 2.22. The minimum atomic E-state index is -1.03. The molecule has 1 heterocycles. The van der Waals surface area contributed by atoms with E-state index in [-0.39, 0.29) is 17.7 Å². The van der Waals surface area contributed by atoms with Crippen molar-refractivity contribution in [3.05, 3.63) is 65.4 Å². The van der Waals surface area contributed by atoms with Crippen molar-refractivity contribution >= 4 is 16.9 Å². The van der Waals surface area contributed by atoms with Gasteiger partial charge in [-0.05, 0) is 39.0 Å². The number of amides is 1. The molecule has 2 atom stereocenters. The fourth-order valence-electron chi connectivity index (χ4n) is 2.81. The highest BCUT2D eigenvalue weighted by atomic mass is 19.2. The molecule has 0 saturated heterocycles. The Morgan fingerprint density at radius 1 is 1.12 bits per heavy atom. The first kappa shape index (κ1) is 17.9. The molecule has 0 radical (unpaired) electrons. The molecule has 3 rings (SSSR count). The van der Waals surface area contributed by atoms with Crippen molar-refractivity contribution in [2.45, 2.75) is 32.9 Å². The van der Waals surface area contributed by atoms with Gasteiger partial charge in [0.05, 0.1) is 6.04 Å². The third kappa shape index (κ3) is 3.54. The van der Waals surface area contributed by atoms with E-state index in [1.807, 2.05) is 38.1 Å². The van der Waals surface area contributed by atoms with Crippen molar-refractivity contribution in [1.29, 1.82) is 0 Å². The fraction of sp³-hybridized carbons (Fsp3) is 0.250. The number of carbonyl (C=O) groups is 1. The first-order valence-electron chi connectivity index (χ1n) is 8.27. The zero-order valence-corrected chi connectivity index (χ0v) is 14.7. The van der Waals surface area contributed by atoms with Gasteiger partial charge in [-0.15, -0.1) is 0 Å². The van der Waals surface area contributed by atoms with Gasteiger partial charge in [0.25, 0.3) is 5.91 Å². The van der Waals surface area contributed by atoms with Crippen molar-refractivity contribution in [1.82, 2.24) is 5.32 Å². The summed E-state index contributed by atoms with van der Waals surface area (Å²) in [6, 6.07) is 10.4. The second-order valence-electron chi connectivity index (χ2n) is 6.15. The van der Waals surface area contributed by atoms with E-state index in [9.17, 15) is 13.6 Å². The van der Waals surface area contributed by atoms with E-state index in [1.54, 1.807) is 0 Å². The summed E-state index contributed by atoms with van der Waals surface area (Å²) >= 11 is 0. The molecule has 136 valence electrons. The zero-order valence-electron chi connectivity index (χ0n) is 14.7. The summed E-state index contributed by atoms with van der Waals surface area (Å²) in [7, 11) is 0. The Morgan fingerprint density at radius 3 is 2.54 bits per heavy atom. The third-order valence-electron chi connectivity index (χ3n) is 4.21. The quantitative estimate of drug-likeness (QED) is 0.721. The van der Waals surface area contributed by atoms with Crippen LogP contribution in [0.4, 0.5) is 8.78 Å². The molecule has 1 aromatic heterocycles. The number of benzene rings is 2. The number of rotatable bonds is 5. The molecule has 0 saturated carbocycles. The van der Waals surface area contributed by atoms with Crippen LogP contribution < -0.4 is 10.1 Å². The van der Waals surface area contributed by atoms with Gasteiger partial charge < -0.3 is 14.5 Å². The first-order chi connectivity index (χ1) is 12.4. The van der Waals surface area contributed by atoms with Crippen LogP contribution in [-0.2, 0) is 4.79 Å². The molecule has 6 heteroatoms. The minimum absolute atomic E-state index is 0.0825. The van der Waals surface area contributed by atoms with E-state index in [0.717, 1.165) is 28.7 Å². The number of ether oxygens (including phenoxy) is 1. The molecular formula is C20H19F2NO3. The SMILES string of the molecule is Cc1c(C(C)NC(=O)C(C)Oc2ccc(F)c(F)c2)oc2ccccc12. The highest BCUT2D eigenvalue weighted by Crippen LogP contribution is 2.29. The average molecular weight is 359 g/mol. The van der Waals surface area contributed by atoms with E-state index in [1.165, 1.54) is 13.0 Å². The smallest absolute Gasteiger partial charge is 0.261 e. The normalized spacial score (nSPS) is 13.4. The number of aryl methyl sites for hydroxylation is 1. The standard InChI is InChI=1S/C20H19F2NO3/c1-11-15-6-4-5-7-18(15)26-19(11)12(2)23-20(24)13(3)25-14-8-9-16(21)17(22)10-14/h4-10,12-13H,1-3H3,(H,23,24). The lowest BCUT2D eigenvalue weighted by Gasteiger charge is -2.18. The zero-order chi connectivity index (χ0) is 18.8. The molecule has 0 aliphatic carbocycles. The molecule has 0 aliphatic heterocycles. The lowest BCUT2D eigenvalue weighted by molar-refractivity contribution is -0.128. The van der Waals surface area contributed by atoms with Crippen LogP contribution in [0.25, 0.3) is 11.0 Å². The Labute approximate surface area is 149 Å². The number of fused-ring (bicyclic) bond motifs is 1. The number of hydrogen-bond acceptors (Lipinski definition) is 3. The van der Waals surface area contributed by atoms with Crippen molar-refractivity contribution in [2.24, 2.45) is 0 Å². The lowest BCUT2D eigenvalue weighted by atomic mass is 10.1. The van der Waals surface area contributed by atoms with E-state index in [0.29, 0.717) is 5.76 Å². The first-order valence-corrected chi connectivity index (χ1v) is 8.27. The van der Waals surface area contributed by atoms with Gasteiger partial charge in [-0.2, -0.15) is 0 Å². The molecule has 26 heavy (non-hydrogen) atoms. The summed E-state index contributed by atoms with van der Waals surface area (Å²) in [6.07, 6.45) is -0.882. The Kier molecular flexibility index (Phi) is 4.93. The molecule has 4 nitrogen and oxygen atoms in total. The maximum Gasteiger partial charge on any atom is 0.261 e. The summed E-state index contributed by atoms with van der Waals surface area (Å²) in [5.41, 5.74) is 1.72. The number of furan rings is 1. The number of hydrogen-bond donors (Lipinski definition) is 1. The second-order valence-corrected chi connectivity index (χ2v) is 6.15. The summed E-state index contributed by atoms with van der Waals surface area (Å²) in [5.74, 6) is -1.63. The van der Waals surface area contributed by atoms with Crippen molar-refractivity contribution in [3.8, 4) is 5.75 Å². The molecular weight excluding hydrogens is 340 g/mol. The number of para-hydroxylation sites is 1. The topological polar surface area (TPSA) is 51.5 Å². The van der Waals surface area contributed by atoms with Gasteiger partial charge in [0.1, 0.15) is 17.1 Å². The van der Waals surface area contributed by atoms with Crippen LogP contribution in [0, 0.1) is 18.6 Å². The van der Waals surface area contributed by atoms with Crippen LogP contribution in [0.15, 0.2) is 46.9 Å². The van der Waals surface area contributed by atoms with Crippen LogP contribution in [-0.4, -0.2) is 12.0 Å². The molecule has 0 fully saturated rings. The maximum absolute atomic E-state index is 13.2. The highest BCUT2D eigenvalue weighted by molar-refractivity contribution is 5.83. The van der Waals surface area contributed by atoms with E-state index < -0.39 is 17.7 Å². The van der Waals surface area contributed by atoms with Gasteiger partial charge in [0.2, 0.25) is 0 Å². The Hall–Kier alpha value is -2.89. The largest absolute Gasteiger partial charge is 0.481 e. The maximum atomic E-state index is 13.2. The molecule has 0 bridgehead atoms. The van der Waals surface area contributed by atoms with Crippen molar-refractivity contribution in [3.63, 3.8) is 0 Å². The Balaban J connectivity index is 1.69. The lowest BCUT2D eigenvalue weighted by Crippen LogP contribution is -2.37. The van der Waals surface area contributed by atoms with Gasteiger partial charge in [-0.25, -0.2) is 8.78 Å². The molecule has 1 N–H and O–H groups in total. The number of halogens is 2. The average Bonchev–Trinajstić information content (AvgIpc) is 2.95. The van der Waals surface area contributed by atoms with Crippen LogP contribution in [0.3, 0.4) is 0 Å². The van der Waals surface area contributed by atoms with Crippen LogP contribution in [0.5, 0.6) is 5.75 Å². The number of nitrogens with one attached hydrogen (secondary N) is 1. The minimum Gasteiger partial charge on any atom is -0.481 e. The van der Waals surface area contributed by atoms with Gasteiger partial charge >= 0.3 is 0 Å². The summed E-state index contributed by atoms with van der Waals surface area (Å²) in [5, 5.41) is 3.81. The monoisotopic (exact) mass is 359 g/mol. The summed E-state index contributed by atoms with van der Waals surface area (Å²) in [6.45, 7) is 5.28. The molecule has 2 aromatic carbocycles. The Bertz CT molecular complexity index is 951. The Morgan fingerprint density at radius 2 is 1.85 bits per heavy atom. The van der Waals surface area contributed by atoms with Crippen molar-refractivity contribution in [2.75, 3.05) is 0 Å². The molecule has 2 unspecified atom stereocenters. The van der Waals surface area contributed by atoms with E-state index in [2.05, 4.69) is 5.32 Å². The van der Waals surface area contributed by atoms with Gasteiger partial charge in [-0.1, -0.05) is 18.2 Å². The van der Waals surface area contributed by atoms with Crippen LogP contribution >= 0.6 is 0 Å². The molecule has 0 aliphatic rings. The number of carbonyl (C=O) groups excluding carboxylic acids is 1. The summed E-state index contributed by atoms with van der Waals surface area (Å²) < 4.78 is 37.4. The fourth-order valence-corrected chi connectivity index (χ4v) is 2.81. The van der Waals surface area contributed by atoms with Gasteiger partial charge in [0, 0.05) is 17.0 Å². The van der Waals surface area contributed by atoms with Crippen molar-refractivity contribution < 1.29 is 22.7 Å². The third-order valence-corrected chi connectivity index (χ3v) is 4.21.